The number of thioether (sulfide) groups is 1. The molecule has 3 saturated carbocycles. The number of amides is 1. The van der Waals surface area contributed by atoms with Gasteiger partial charge >= 0.3 is 0 Å². The van der Waals surface area contributed by atoms with Gasteiger partial charge in [0.25, 0.3) is 5.91 Å². The predicted molar refractivity (Wildman–Crippen MR) is 163 cm³/mol. The molecule has 12 heteroatoms. The molecule has 4 aromatic rings. The van der Waals surface area contributed by atoms with Crippen LogP contribution < -0.4 is 14.8 Å². The fourth-order valence-electron chi connectivity index (χ4n) is 6.18. The van der Waals surface area contributed by atoms with E-state index in [0.29, 0.717) is 29.1 Å². The van der Waals surface area contributed by atoms with Gasteiger partial charge in [0.15, 0.2) is 22.5 Å². The maximum Gasteiger partial charge on any atom is 0.254 e. The summed E-state index contributed by atoms with van der Waals surface area (Å²) in [4.78, 5) is 26.7. The number of nitrogens with one attached hydrogen (secondary N) is 1. The number of nitrogens with zero attached hydrogens (tertiary/aromatic N) is 3. The van der Waals surface area contributed by atoms with Crippen molar-refractivity contribution in [2.24, 2.45) is 5.41 Å². The Balaban J connectivity index is 1.08. The van der Waals surface area contributed by atoms with Crippen LogP contribution in [0.3, 0.4) is 0 Å². The van der Waals surface area contributed by atoms with Gasteiger partial charge in [0.2, 0.25) is 5.82 Å². The number of hydrogen-bond acceptors (Lipinski definition) is 8. The van der Waals surface area contributed by atoms with E-state index in [9.17, 15) is 18.0 Å². The van der Waals surface area contributed by atoms with Crippen LogP contribution in [-0.4, -0.2) is 40.8 Å². The van der Waals surface area contributed by atoms with Crippen LogP contribution in [0.5, 0.6) is 11.5 Å². The lowest BCUT2D eigenvalue weighted by Crippen LogP contribution is -2.49. The van der Waals surface area contributed by atoms with Gasteiger partial charge in [-0.25, -0.2) is 23.7 Å². The zero-order valence-electron chi connectivity index (χ0n) is 24.3. The molecule has 2 aromatic heterocycles. The molecular formula is C32H31F3N4O3S2. The van der Waals surface area contributed by atoms with Crippen molar-refractivity contribution < 1.29 is 27.4 Å². The van der Waals surface area contributed by atoms with Gasteiger partial charge in [-0.15, -0.1) is 11.3 Å². The van der Waals surface area contributed by atoms with Crippen molar-refractivity contribution in [3.8, 4) is 22.9 Å². The first-order valence-corrected chi connectivity index (χ1v) is 16.4. The Morgan fingerprint density at radius 2 is 1.73 bits per heavy atom. The molecule has 2 aromatic carbocycles. The van der Waals surface area contributed by atoms with Gasteiger partial charge in [0.05, 0.1) is 23.4 Å². The molecule has 230 valence electrons. The van der Waals surface area contributed by atoms with Gasteiger partial charge in [-0.1, -0.05) is 23.9 Å². The Morgan fingerprint density at radius 3 is 2.41 bits per heavy atom. The van der Waals surface area contributed by atoms with E-state index in [0.717, 1.165) is 54.9 Å². The molecule has 0 radical (unpaired) electrons. The number of ether oxygens (including phenoxy) is 2. The minimum atomic E-state index is -1.53. The van der Waals surface area contributed by atoms with Gasteiger partial charge in [-0.05, 0) is 80.0 Å². The van der Waals surface area contributed by atoms with E-state index >= 15 is 0 Å². The number of aromatic nitrogens is 3. The van der Waals surface area contributed by atoms with E-state index in [1.807, 2.05) is 12.3 Å². The molecule has 1 amide bonds. The highest BCUT2D eigenvalue weighted by atomic mass is 32.2. The Labute approximate surface area is 261 Å². The highest BCUT2D eigenvalue weighted by molar-refractivity contribution is 7.98. The number of fused-ring (bicyclic) bond motifs is 3. The third-order valence-electron chi connectivity index (χ3n) is 8.97. The van der Waals surface area contributed by atoms with Crippen LogP contribution in [0.15, 0.2) is 53.1 Å². The van der Waals surface area contributed by atoms with Crippen molar-refractivity contribution >= 4 is 29.0 Å². The van der Waals surface area contributed by atoms with Gasteiger partial charge < -0.3 is 14.8 Å². The van der Waals surface area contributed by atoms with Crippen LogP contribution in [0.2, 0.25) is 0 Å². The zero-order chi connectivity index (χ0) is 30.9. The quantitative estimate of drug-likeness (QED) is 0.110. The summed E-state index contributed by atoms with van der Waals surface area (Å²) in [6, 6.07) is 9.26. The summed E-state index contributed by atoms with van der Waals surface area (Å²) in [6.07, 6.45) is 9.07. The standard InChI is InChI=1S/C32H31F3N4O3S2/c1-41-20-5-3-19(4-6-20)16-42-27-22(33)15-21(25(34)26(27)35)28(40)37-18-31-8-11-32(12-9-31,13-10-31)29-38-24(17-44-29)23-7-14-36-30(39-23)43-2/h3-7,14-15,17H,8-13,16,18H2,1-2H3,(H,37,40). The number of carbonyl (C=O) groups excluding carboxylic acids is 1. The van der Waals surface area contributed by atoms with Crippen LogP contribution in [0.4, 0.5) is 13.2 Å². The maximum atomic E-state index is 15.0. The molecular weight excluding hydrogens is 610 g/mol. The first kappa shape index (κ1) is 30.4. The lowest BCUT2D eigenvalue weighted by Gasteiger charge is -2.52. The molecule has 7 rings (SSSR count). The number of halogens is 3. The Kier molecular flexibility index (Phi) is 8.56. The predicted octanol–water partition coefficient (Wildman–Crippen LogP) is 7.35. The fraction of sp³-hybridized carbons (Fsp3) is 0.375. The van der Waals surface area contributed by atoms with E-state index in [-0.39, 0.29) is 17.4 Å². The fourth-order valence-corrected chi connectivity index (χ4v) is 7.64. The first-order chi connectivity index (χ1) is 21.2. The molecule has 3 aliphatic carbocycles. The monoisotopic (exact) mass is 640 g/mol. The largest absolute Gasteiger partial charge is 0.497 e. The van der Waals surface area contributed by atoms with Crippen LogP contribution in [0.25, 0.3) is 11.4 Å². The molecule has 3 fully saturated rings. The molecule has 0 unspecified atom stereocenters. The van der Waals surface area contributed by atoms with Crippen LogP contribution in [0, 0.1) is 22.9 Å². The Morgan fingerprint density at radius 1 is 1.00 bits per heavy atom. The van der Waals surface area contributed by atoms with Crippen LogP contribution in [0.1, 0.15) is 59.5 Å². The zero-order valence-corrected chi connectivity index (χ0v) is 25.9. The minimum absolute atomic E-state index is 0.00986. The number of thiazole rings is 1. The lowest BCUT2D eigenvalue weighted by molar-refractivity contribution is 0.0385. The molecule has 1 N–H and O–H groups in total. The third-order valence-corrected chi connectivity index (χ3v) is 10.6. The molecule has 0 saturated heterocycles. The van der Waals surface area contributed by atoms with E-state index in [4.69, 9.17) is 14.5 Å². The number of methoxy groups -OCH3 is 1. The summed E-state index contributed by atoms with van der Waals surface area (Å²) in [6.45, 7) is 0.122. The molecule has 0 atom stereocenters. The molecule has 2 bridgehead atoms. The Bertz CT molecular complexity index is 1660. The molecule has 2 heterocycles. The molecule has 0 aliphatic heterocycles. The summed E-state index contributed by atoms with van der Waals surface area (Å²) >= 11 is 3.15. The average molecular weight is 641 g/mol. The lowest BCUT2D eigenvalue weighted by atomic mass is 9.54. The van der Waals surface area contributed by atoms with Gasteiger partial charge in [-0.2, -0.15) is 4.39 Å². The maximum absolute atomic E-state index is 15.0. The van der Waals surface area contributed by atoms with Crippen LogP contribution in [-0.2, 0) is 12.0 Å². The molecule has 7 nitrogen and oxygen atoms in total. The number of hydrogen-bond donors (Lipinski definition) is 1. The average Bonchev–Trinajstić information content (AvgIpc) is 3.58. The van der Waals surface area contributed by atoms with Crippen molar-refractivity contribution in [1.29, 1.82) is 0 Å². The van der Waals surface area contributed by atoms with Crippen molar-refractivity contribution in [3.05, 3.63) is 81.6 Å². The highest BCUT2D eigenvalue weighted by Crippen LogP contribution is 2.58. The van der Waals surface area contributed by atoms with E-state index in [1.165, 1.54) is 18.9 Å². The molecule has 44 heavy (non-hydrogen) atoms. The van der Waals surface area contributed by atoms with Crippen molar-refractivity contribution in [1.82, 2.24) is 20.3 Å². The van der Waals surface area contributed by atoms with Gasteiger partial charge in [0.1, 0.15) is 18.1 Å². The van der Waals surface area contributed by atoms with Crippen molar-refractivity contribution in [2.45, 2.75) is 55.7 Å². The van der Waals surface area contributed by atoms with Crippen LogP contribution >= 0.6 is 23.1 Å². The Hall–Kier alpha value is -3.64. The molecule has 0 spiro atoms. The summed E-state index contributed by atoms with van der Waals surface area (Å²) < 4.78 is 55.0. The summed E-state index contributed by atoms with van der Waals surface area (Å²) in [7, 11) is 1.52. The van der Waals surface area contributed by atoms with E-state index in [1.54, 1.807) is 41.8 Å². The number of carbonyl (C=O) groups is 1. The molecule has 3 aliphatic rings. The van der Waals surface area contributed by atoms with Gasteiger partial charge in [-0.3, -0.25) is 4.79 Å². The van der Waals surface area contributed by atoms with E-state index < -0.39 is 34.7 Å². The SMILES string of the molecule is COc1ccc(COc2c(F)cc(C(=O)NCC34CCC(c5nc(-c6ccnc(SC)n6)cs5)(CC3)CC4)c(F)c2F)cc1. The minimum Gasteiger partial charge on any atom is -0.497 e. The summed E-state index contributed by atoms with van der Waals surface area (Å²) in [5.74, 6) is -5.21. The smallest absolute Gasteiger partial charge is 0.254 e. The van der Waals surface area contributed by atoms with Crippen molar-refractivity contribution in [3.63, 3.8) is 0 Å². The first-order valence-electron chi connectivity index (χ1n) is 14.3. The number of rotatable bonds is 10. The second-order valence-corrected chi connectivity index (χ2v) is 13.1. The summed E-state index contributed by atoms with van der Waals surface area (Å²) in [5, 5.41) is 6.63. The highest BCUT2D eigenvalue weighted by Gasteiger charge is 2.50. The number of benzene rings is 2. The summed E-state index contributed by atoms with van der Waals surface area (Å²) in [5.41, 5.74) is 1.44. The van der Waals surface area contributed by atoms with Gasteiger partial charge in [0, 0.05) is 23.5 Å². The van der Waals surface area contributed by atoms with E-state index in [2.05, 4.69) is 20.7 Å². The van der Waals surface area contributed by atoms with Crippen molar-refractivity contribution in [2.75, 3.05) is 19.9 Å². The topological polar surface area (TPSA) is 86.2 Å². The third kappa shape index (κ3) is 5.89. The normalized spacial score (nSPS) is 20.8. The second-order valence-electron chi connectivity index (χ2n) is 11.4. The second kappa shape index (κ2) is 12.4.